The van der Waals surface area contributed by atoms with Gasteiger partial charge < -0.3 is 4.57 Å². The van der Waals surface area contributed by atoms with Gasteiger partial charge in [0.05, 0.1) is 0 Å². The third-order valence-electron chi connectivity index (χ3n) is 2.69. The molecular weight excluding hydrogens is 174 g/mol. The normalized spacial score (nSPS) is 10.8. The molecule has 0 amide bonds. The SMILES string of the molecule is Cc1cc2ccn(C)c(=O)c2cc1C. The molecule has 72 valence electrons. The average molecular weight is 187 g/mol. The summed E-state index contributed by atoms with van der Waals surface area (Å²) in [5, 5.41) is 1.83. The molecule has 1 aromatic heterocycles. The number of hydrogen-bond acceptors (Lipinski definition) is 1. The lowest BCUT2D eigenvalue weighted by Crippen LogP contribution is -2.15. The molecule has 0 aliphatic carbocycles. The van der Waals surface area contributed by atoms with Crippen LogP contribution < -0.4 is 5.56 Å². The molecule has 2 heteroatoms. The van der Waals surface area contributed by atoms with Crippen molar-refractivity contribution in [3.8, 4) is 0 Å². The van der Waals surface area contributed by atoms with E-state index in [0.717, 1.165) is 10.8 Å². The minimum atomic E-state index is 0.0746. The first-order valence-electron chi connectivity index (χ1n) is 4.66. The van der Waals surface area contributed by atoms with Crippen molar-refractivity contribution in [2.45, 2.75) is 13.8 Å². The van der Waals surface area contributed by atoms with E-state index in [1.54, 1.807) is 17.8 Å². The minimum absolute atomic E-state index is 0.0746. The fraction of sp³-hybridized carbons (Fsp3) is 0.250. The zero-order valence-electron chi connectivity index (χ0n) is 8.66. The summed E-state index contributed by atoms with van der Waals surface area (Å²) in [5.74, 6) is 0. The molecule has 2 aromatic rings. The molecule has 1 heterocycles. The van der Waals surface area contributed by atoms with E-state index >= 15 is 0 Å². The van der Waals surface area contributed by atoms with Gasteiger partial charge in [-0.15, -0.1) is 0 Å². The summed E-state index contributed by atoms with van der Waals surface area (Å²) in [6.45, 7) is 4.09. The Bertz CT molecular complexity index is 552. The smallest absolute Gasteiger partial charge is 0.258 e. The average Bonchev–Trinajstić information content (AvgIpc) is 2.15. The molecule has 0 unspecified atom stereocenters. The maximum atomic E-state index is 11.8. The van der Waals surface area contributed by atoms with Crippen molar-refractivity contribution < 1.29 is 0 Å². The van der Waals surface area contributed by atoms with E-state index in [-0.39, 0.29) is 5.56 Å². The molecule has 0 N–H and O–H groups in total. The van der Waals surface area contributed by atoms with Crippen molar-refractivity contribution in [1.82, 2.24) is 4.57 Å². The Morgan fingerprint density at radius 1 is 1.14 bits per heavy atom. The predicted octanol–water partition coefficient (Wildman–Crippen LogP) is 2.16. The summed E-state index contributed by atoms with van der Waals surface area (Å²) in [5.41, 5.74) is 2.47. The van der Waals surface area contributed by atoms with Crippen LogP contribution in [0.4, 0.5) is 0 Å². The topological polar surface area (TPSA) is 22.0 Å². The van der Waals surface area contributed by atoms with Gasteiger partial charge in [-0.2, -0.15) is 0 Å². The number of benzene rings is 1. The lowest BCUT2D eigenvalue weighted by molar-refractivity contribution is 0.873. The Balaban J connectivity index is 2.97. The Morgan fingerprint density at radius 3 is 2.50 bits per heavy atom. The molecule has 0 fully saturated rings. The summed E-state index contributed by atoms with van der Waals surface area (Å²) in [7, 11) is 1.77. The van der Waals surface area contributed by atoms with E-state index in [0.29, 0.717) is 0 Å². The molecule has 0 saturated carbocycles. The fourth-order valence-corrected chi connectivity index (χ4v) is 1.61. The molecule has 0 aliphatic heterocycles. The Morgan fingerprint density at radius 2 is 1.79 bits per heavy atom. The van der Waals surface area contributed by atoms with Gasteiger partial charge in [0.25, 0.3) is 5.56 Å². The Hall–Kier alpha value is -1.57. The van der Waals surface area contributed by atoms with Crippen LogP contribution in [0.15, 0.2) is 29.2 Å². The quantitative estimate of drug-likeness (QED) is 0.619. The standard InChI is InChI=1S/C12H13NO/c1-8-6-10-4-5-13(3)12(14)11(10)7-9(8)2/h4-7H,1-3H3. The highest BCUT2D eigenvalue weighted by Gasteiger charge is 2.02. The van der Waals surface area contributed by atoms with Crippen LogP contribution in [0, 0.1) is 13.8 Å². The van der Waals surface area contributed by atoms with Gasteiger partial charge in [0, 0.05) is 18.6 Å². The van der Waals surface area contributed by atoms with Crippen LogP contribution in [0.25, 0.3) is 10.8 Å². The molecule has 14 heavy (non-hydrogen) atoms. The molecule has 0 spiro atoms. The van der Waals surface area contributed by atoms with Gasteiger partial charge in [-0.3, -0.25) is 4.79 Å². The van der Waals surface area contributed by atoms with Crippen molar-refractivity contribution in [3.05, 3.63) is 45.9 Å². The number of pyridine rings is 1. The van der Waals surface area contributed by atoms with E-state index in [9.17, 15) is 4.79 Å². The van der Waals surface area contributed by atoms with Crippen molar-refractivity contribution >= 4 is 10.8 Å². The third kappa shape index (κ3) is 1.23. The van der Waals surface area contributed by atoms with Gasteiger partial charge in [0.15, 0.2) is 0 Å². The van der Waals surface area contributed by atoms with Crippen LogP contribution >= 0.6 is 0 Å². The van der Waals surface area contributed by atoms with Gasteiger partial charge in [-0.05, 0) is 42.5 Å². The van der Waals surface area contributed by atoms with Crippen LogP contribution in [0.2, 0.25) is 0 Å². The minimum Gasteiger partial charge on any atom is -0.318 e. The van der Waals surface area contributed by atoms with Crippen LogP contribution in [-0.2, 0) is 7.05 Å². The molecule has 0 bridgehead atoms. The van der Waals surface area contributed by atoms with Crippen LogP contribution in [0.3, 0.4) is 0 Å². The molecule has 1 aromatic carbocycles. The van der Waals surface area contributed by atoms with E-state index in [1.165, 1.54) is 11.1 Å². The van der Waals surface area contributed by atoms with E-state index < -0.39 is 0 Å². The highest BCUT2D eigenvalue weighted by molar-refractivity contribution is 5.83. The molecule has 0 radical (unpaired) electrons. The lowest BCUT2D eigenvalue weighted by Gasteiger charge is -2.04. The largest absolute Gasteiger partial charge is 0.318 e. The summed E-state index contributed by atoms with van der Waals surface area (Å²) in [6.07, 6.45) is 1.80. The predicted molar refractivity (Wildman–Crippen MR) is 58.7 cm³/mol. The first-order valence-corrected chi connectivity index (χ1v) is 4.66. The van der Waals surface area contributed by atoms with E-state index in [1.807, 2.05) is 19.1 Å². The van der Waals surface area contributed by atoms with Crippen LogP contribution in [0.5, 0.6) is 0 Å². The maximum absolute atomic E-state index is 11.8. The molecule has 2 rings (SSSR count). The molecule has 0 saturated heterocycles. The van der Waals surface area contributed by atoms with Gasteiger partial charge >= 0.3 is 0 Å². The first-order chi connectivity index (χ1) is 6.59. The molecule has 0 atom stereocenters. The van der Waals surface area contributed by atoms with Crippen molar-refractivity contribution in [3.63, 3.8) is 0 Å². The van der Waals surface area contributed by atoms with Gasteiger partial charge in [0.1, 0.15) is 0 Å². The van der Waals surface area contributed by atoms with E-state index in [4.69, 9.17) is 0 Å². The second-order valence-electron chi connectivity index (χ2n) is 3.76. The Labute approximate surface area is 82.8 Å². The summed E-state index contributed by atoms with van der Waals surface area (Å²) < 4.78 is 1.61. The molecule has 0 aliphatic rings. The van der Waals surface area contributed by atoms with Gasteiger partial charge in [-0.1, -0.05) is 6.07 Å². The monoisotopic (exact) mass is 187 g/mol. The van der Waals surface area contributed by atoms with Gasteiger partial charge in [-0.25, -0.2) is 0 Å². The number of aryl methyl sites for hydroxylation is 3. The van der Waals surface area contributed by atoms with Gasteiger partial charge in [0.2, 0.25) is 0 Å². The molecular formula is C12H13NO. The second-order valence-corrected chi connectivity index (χ2v) is 3.76. The number of nitrogens with zero attached hydrogens (tertiary/aromatic N) is 1. The zero-order valence-corrected chi connectivity index (χ0v) is 8.66. The van der Waals surface area contributed by atoms with Crippen LogP contribution in [-0.4, -0.2) is 4.57 Å². The van der Waals surface area contributed by atoms with Crippen molar-refractivity contribution in [1.29, 1.82) is 0 Å². The highest BCUT2D eigenvalue weighted by Crippen LogP contribution is 2.15. The highest BCUT2D eigenvalue weighted by atomic mass is 16.1. The van der Waals surface area contributed by atoms with Crippen molar-refractivity contribution in [2.75, 3.05) is 0 Å². The zero-order chi connectivity index (χ0) is 10.3. The number of aromatic nitrogens is 1. The van der Waals surface area contributed by atoms with E-state index in [2.05, 4.69) is 13.0 Å². The lowest BCUT2D eigenvalue weighted by atomic mass is 10.0. The first kappa shape index (κ1) is 9.00. The summed E-state index contributed by atoms with van der Waals surface area (Å²) >= 11 is 0. The van der Waals surface area contributed by atoms with Crippen molar-refractivity contribution in [2.24, 2.45) is 7.05 Å². The molecule has 2 nitrogen and oxygen atoms in total. The number of rotatable bonds is 0. The number of fused-ring (bicyclic) bond motifs is 1. The summed E-state index contributed by atoms with van der Waals surface area (Å²) in [6, 6.07) is 6.00. The Kier molecular flexibility index (Phi) is 1.92. The maximum Gasteiger partial charge on any atom is 0.258 e. The summed E-state index contributed by atoms with van der Waals surface area (Å²) in [4.78, 5) is 11.8. The second kappa shape index (κ2) is 2.98. The van der Waals surface area contributed by atoms with Crippen LogP contribution in [0.1, 0.15) is 11.1 Å². The fourth-order valence-electron chi connectivity index (χ4n) is 1.61. The number of hydrogen-bond donors (Lipinski definition) is 0. The third-order valence-corrected chi connectivity index (χ3v) is 2.69.